The zero-order chi connectivity index (χ0) is 13.8. The van der Waals surface area contributed by atoms with Gasteiger partial charge in [0.2, 0.25) is 5.91 Å². The van der Waals surface area contributed by atoms with Crippen molar-refractivity contribution >= 4 is 21.8 Å². The molecule has 0 aliphatic carbocycles. The summed E-state index contributed by atoms with van der Waals surface area (Å²) in [7, 11) is 0. The van der Waals surface area contributed by atoms with Gasteiger partial charge in [0.1, 0.15) is 5.75 Å². The van der Waals surface area contributed by atoms with Crippen molar-refractivity contribution in [1.29, 1.82) is 0 Å². The molecule has 1 aliphatic rings. The second kappa shape index (κ2) is 6.39. The number of phenols is 1. The summed E-state index contributed by atoms with van der Waals surface area (Å²) in [6, 6.07) is 5.18. The molecule has 1 fully saturated rings. The maximum absolute atomic E-state index is 11.8. The monoisotopic (exact) mass is 326 g/mol. The third kappa shape index (κ3) is 3.48. The smallest absolute Gasteiger partial charge is 0.237 e. The second-order valence-corrected chi connectivity index (χ2v) is 5.73. The highest BCUT2D eigenvalue weighted by atomic mass is 79.9. The Hall–Kier alpha value is -1.07. The van der Waals surface area contributed by atoms with Gasteiger partial charge in [-0.15, -0.1) is 0 Å². The van der Waals surface area contributed by atoms with Crippen LogP contribution in [0.25, 0.3) is 0 Å². The van der Waals surface area contributed by atoms with Gasteiger partial charge >= 0.3 is 0 Å². The average molecular weight is 327 g/mol. The van der Waals surface area contributed by atoms with E-state index in [1.807, 2.05) is 13.0 Å². The number of piperidine rings is 1. The van der Waals surface area contributed by atoms with Crippen LogP contribution in [0.15, 0.2) is 22.7 Å². The molecule has 0 saturated carbocycles. The molecule has 1 aliphatic heterocycles. The first-order valence-electron chi connectivity index (χ1n) is 6.64. The minimum absolute atomic E-state index is 0.0219. The summed E-state index contributed by atoms with van der Waals surface area (Å²) in [5, 5.41) is 16.2. The molecule has 19 heavy (non-hydrogen) atoms. The third-order valence-electron chi connectivity index (χ3n) is 3.46. The minimum Gasteiger partial charge on any atom is -0.508 e. The maximum Gasteiger partial charge on any atom is 0.237 e. The molecule has 2 rings (SSSR count). The van der Waals surface area contributed by atoms with E-state index in [-0.39, 0.29) is 23.7 Å². The van der Waals surface area contributed by atoms with Gasteiger partial charge in [-0.05, 0) is 37.5 Å². The van der Waals surface area contributed by atoms with Crippen LogP contribution >= 0.6 is 15.9 Å². The highest BCUT2D eigenvalue weighted by Gasteiger charge is 2.25. The van der Waals surface area contributed by atoms with Crippen molar-refractivity contribution in [2.24, 2.45) is 0 Å². The number of aromatic hydroxyl groups is 1. The largest absolute Gasteiger partial charge is 0.508 e. The van der Waals surface area contributed by atoms with Crippen LogP contribution in [0.5, 0.6) is 5.75 Å². The quantitative estimate of drug-likeness (QED) is 0.796. The van der Waals surface area contributed by atoms with Gasteiger partial charge in [-0.25, -0.2) is 0 Å². The average Bonchev–Trinajstić information content (AvgIpc) is 2.41. The van der Waals surface area contributed by atoms with Crippen molar-refractivity contribution < 1.29 is 9.90 Å². The first-order valence-corrected chi connectivity index (χ1v) is 7.43. The molecule has 2 unspecified atom stereocenters. The number of carbonyl (C=O) groups excluding carboxylic acids is 1. The highest BCUT2D eigenvalue weighted by molar-refractivity contribution is 9.10. The molecule has 1 amide bonds. The molecule has 1 aromatic rings. The van der Waals surface area contributed by atoms with Gasteiger partial charge in [0.25, 0.3) is 0 Å². The summed E-state index contributed by atoms with van der Waals surface area (Å²) in [5.74, 6) is 0.318. The Morgan fingerprint density at radius 3 is 3.05 bits per heavy atom. The Morgan fingerprint density at radius 1 is 1.58 bits per heavy atom. The van der Waals surface area contributed by atoms with Crippen LogP contribution in [0.4, 0.5) is 0 Å². The van der Waals surface area contributed by atoms with Crippen molar-refractivity contribution in [3.05, 3.63) is 28.2 Å². The van der Waals surface area contributed by atoms with Crippen LogP contribution < -0.4 is 10.6 Å². The topological polar surface area (TPSA) is 61.4 Å². The Balaban J connectivity index is 2.15. The zero-order valence-corrected chi connectivity index (χ0v) is 12.5. The van der Waals surface area contributed by atoms with E-state index in [1.165, 1.54) is 0 Å². The molecule has 1 heterocycles. The van der Waals surface area contributed by atoms with E-state index < -0.39 is 0 Å². The molecule has 0 aromatic heterocycles. The van der Waals surface area contributed by atoms with Gasteiger partial charge in [0.05, 0.1) is 6.04 Å². The van der Waals surface area contributed by atoms with Gasteiger partial charge in [0.15, 0.2) is 0 Å². The van der Waals surface area contributed by atoms with Crippen molar-refractivity contribution in [3.63, 3.8) is 0 Å². The molecule has 104 valence electrons. The standard InChI is InChI=1S/C14H19BrN2O2/c1-2-11(10-8-9(15)5-6-13(10)18)17-12-4-3-7-16-14(12)19/h5-6,8,11-12,17-18H,2-4,7H2,1H3,(H,16,19). The van der Waals surface area contributed by atoms with E-state index in [1.54, 1.807) is 12.1 Å². The predicted molar refractivity (Wildman–Crippen MR) is 78.0 cm³/mol. The third-order valence-corrected chi connectivity index (χ3v) is 3.95. The Kier molecular flexibility index (Phi) is 4.82. The van der Waals surface area contributed by atoms with Crippen LogP contribution in [0, 0.1) is 0 Å². The summed E-state index contributed by atoms with van der Waals surface area (Å²) in [5.41, 5.74) is 0.829. The fourth-order valence-corrected chi connectivity index (χ4v) is 2.78. The fourth-order valence-electron chi connectivity index (χ4n) is 2.41. The molecule has 0 bridgehead atoms. The zero-order valence-electron chi connectivity index (χ0n) is 10.9. The summed E-state index contributed by atoms with van der Waals surface area (Å²) in [6.07, 6.45) is 2.65. The lowest BCUT2D eigenvalue weighted by atomic mass is 9.99. The number of benzene rings is 1. The van der Waals surface area contributed by atoms with Crippen molar-refractivity contribution in [1.82, 2.24) is 10.6 Å². The summed E-state index contributed by atoms with van der Waals surface area (Å²) in [6.45, 7) is 2.80. The van der Waals surface area contributed by atoms with Gasteiger partial charge in [-0.1, -0.05) is 22.9 Å². The van der Waals surface area contributed by atoms with Gasteiger partial charge in [-0.3, -0.25) is 10.1 Å². The first kappa shape index (κ1) is 14.3. The Labute approximate surface area is 121 Å². The molecular formula is C14H19BrN2O2. The van der Waals surface area contributed by atoms with Crippen LogP contribution in [-0.4, -0.2) is 23.6 Å². The van der Waals surface area contributed by atoms with Crippen molar-refractivity contribution in [2.45, 2.75) is 38.3 Å². The van der Waals surface area contributed by atoms with Crippen LogP contribution in [-0.2, 0) is 4.79 Å². The van der Waals surface area contributed by atoms with E-state index in [0.717, 1.165) is 35.8 Å². The number of halogens is 1. The molecular weight excluding hydrogens is 308 g/mol. The minimum atomic E-state index is -0.169. The Morgan fingerprint density at radius 2 is 2.37 bits per heavy atom. The molecule has 0 radical (unpaired) electrons. The number of hydrogen-bond acceptors (Lipinski definition) is 3. The van der Waals surface area contributed by atoms with E-state index in [0.29, 0.717) is 0 Å². The molecule has 2 atom stereocenters. The van der Waals surface area contributed by atoms with Crippen LogP contribution in [0.2, 0.25) is 0 Å². The summed E-state index contributed by atoms with van der Waals surface area (Å²) >= 11 is 3.41. The number of amides is 1. The first-order chi connectivity index (χ1) is 9.11. The lowest BCUT2D eigenvalue weighted by Crippen LogP contribution is -2.49. The van der Waals surface area contributed by atoms with Gasteiger partial charge in [-0.2, -0.15) is 0 Å². The van der Waals surface area contributed by atoms with Crippen LogP contribution in [0.3, 0.4) is 0 Å². The molecule has 5 heteroatoms. The molecule has 4 nitrogen and oxygen atoms in total. The highest BCUT2D eigenvalue weighted by Crippen LogP contribution is 2.30. The molecule has 0 spiro atoms. The van der Waals surface area contributed by atoms with E-state index in [2.05, 4.69) is 26.6 Å². The predicted octanol–water partition coefficient (Wildman–Crippen LogP) is 2.47. The summed E-state index contributed by atoms with van der Waals surface area (Å²) < 4.78 is 0.925. The van der Waals surface area contributed by atoms with E-state index in [4.69, 9.17) is 0 Å². The lowest BCUT2D eigenvalue weighted by Gasteiger charge is -2.28. The molecule has 3 N–H and O–H groups in total. The van der Waals surface area contributed by atoms with Gasteiger partial charge < -0.3 is 10.4 Å². The lowest BCUT2D eigenvalue weighted by molar-refractivity contribution is -0.124. The maximum atomic E-state index is 11.8. The SMILES string of the molecule is CCC(NC1CCCNC1=O)c1cc(Br)ccc1O. The number of hydrogen-bond donors (Lipinski definition) is 3. The Bertz CT molecular complexity index is 465. The van der Waals surface area contributed by atoms with Crippen molar-refractivity contribution in [3.8, 4) is 5.75 Å². The van der Waals surface area contributed by atoms with Crippen LogP contribution in [0.1, 0.15) is 37.8 Å². The summed E-state index contributed by atoms with van der Waals surface area (Å²) in [4.78, 5) is 11.8. The number of rotatable bonds is 4. The molecule has 1 aromatic carbocycles. The number of phenolic OH excluding ortho intramolecular Hbond substituents is 1. The molecule has 1 saturated heterocycles. The number of nitrogens with one attached hydrogen (secondary N) is 2. The number of carbonyl (C=O) groups is 1. The van der Waals surface area contributed by atoms with Crippen molar-refractivity contribution in [2.75, 3.05) is 6.54 Å². The fraction of sp³-hybridized carbons (Fsp3) is 0.500. The van der Waals surface area contributed by atoms with Gasteiger partial charge in [0, 0.05) is 22.6 Å². The normalized spacial score (nSPS) is 20.9. The van der Waals surface area contributed by atoms with E-state index in [9.17, 15) is 9.90 Å². The van der Waals surface area contributed by atoms with E-state index >= 15 is 0 Å². The second-order valence-electron chi connectivity index (χ2n) is 4.82.